The molecule has 0 bridgehead atoms. The van der Waals surface area contributed by atoms with Crippen LogP contribution in [-0.4, -0.2) is 205 Å². The van der Waals surface area contributed by atoms with Gasteiger partial charge in [-0.3, -0.25) is 0 Å². The van der Waals surface area contributed by atoms with Crippen LogP contribution in [0.4, 0.5) is 0 Å². The van der Waals surface area contributed by atoms with Gasteiger partial charge in [-0.1, -0.05) is 6.08 Å². The normalized spacial score (nSPS) is 51.2. The van der Waals surface area contributed by atoms with Crippen LogP contribution in [0.3, 0.4) is 0 Å². The SMILES string of the molecule is COC1OC(CO)C(OC2O[C@H](CO)C(OC3OC(C)[C@@H](N[C@H]4C=C(CO)C(O)[C@H](O)C4O)C(O)[C@H]3O)[C@H](O)C2O)C(O)[C@H]1O. The Kier molecular flexibility index (Phi) is 12.7. The summed E-state index contributed by atoms with van der Waals surface area (Å²) in [4.78, 5) is 0. The van der Waals surface area contributed by atoms with Gasteiger partial charge in [0, 0.05) is 7.11 Å². The van der Waals surface area contributed by atoms with E-state index in [4.69, 9.17) is 28.4 Å². The van der Waals surface area contributed by atoms with Crippen molar-refractivity contribution < 1.29 is 89.7 Å². The second-order valence-electron chi connectivity index (χ2n) is 11.6. The number of rotatable bonds is 10. The number of nitrogens with one attached hydrogen (secondary N) is 1. The van der Waals surface area contributed by atoms with E-state index >= 15 is 0 Å². The van der Waals surface area contributed by atoms with Gasteiger partial charge in [0.05, 0.1) is 38.0 Å². The summed E-state index contributed by atoms with van der Waals surface area (Å²) in [5, 5.41) is 127. The smallest absolute Gasteiger partial charge is 0.187 e. The monoisotopic (exact) mass is 659 g/mol. The van der Waals surface area contributed by atoms with E-state index in [9.17, 15) is 61.3 Å². The molecule has 13 N–H and O–H groups in total. The Labute approximate surface area is 257 Å². The predicted molar refractivity (Wildman–Crippen MR) is 143 cm³/mol. The molecule has 0 spiro atoms. The van der Waals surface area contributed by atoms with Crippen molar-refractivity contribution in [2.24, 2.45) is 0 Å². The van der Waals surface area contributed by atoms with Crippen molar-refractivity contribution in [3.63, 3.8) is 0 Å². The molecule has 45 heavy (non-hydrogen) atoms. The zero-order valence-corrected chi connectivity index (χ0v) is 24.5. The molecule has 0 amide bonds. The number of ether oxygens (including phenoxy) is 6. The average molecular weight is 660 g/mol. The van der Waals surface area contributed by atoms with Crippen molar-refractivity contribution in [1.82, 2.24) is 5.32 Å². The molecule has 3 heterocycles. The van der Waals surface area contributed by atoms with Crippen LogP contribution in [-0.2, 0) is 28.4 Å². The lowest BCUT2D eigenvalue weighted by Gasteiger charge is -2.48. The third-order valence-corrected chi connectivity index (χ3v) is 8.69. The topological polar surface area (TPSA) is 310 Å². The van der Waals surface area contributed by atoms with Crippen molar-refractivity contribution in [2.75, 3.05) is 26.9 Å². The van der Waals surface area contributed by atoms with Crippen molar-refractivity contribution >= 4 is 0 Å². The highest BCUT2D eigenvalue weighted by Gasteiger charge is 2.53. The molecule has 19 nitrogen and oxygen atoms in total. The van der Waals surface area contributed by atoms with Crippen LogP contribution in [0.25, 0.3) is 0 Å². The molecule has 12 unspecified atom stereocenters. The Morgan fingerprint density at radius 1 is 0.644 bits per heavy atom. The summed E-state index contributed by atoms with van der Waals surface area (Å²) in [5.41, 5.74) is 0.0286. The summed E-state index contributed by atoms with van der Waals surface area (Å²) in [6, 6.07) is -2.15. The van der Waals surface area contributed by atoms with Gasteiger partial charge >= 0.3 is 0 Å². The molecule has 3 fully saturated rings. The van der Waals surface area contributed by atoms with Crippen LogP contribution >= 0.6 is 0 Å². The largest absolute Gasteiger partial charge is 0.394 e. The highest BCUT2D eigenvalue weighted by Crippen LogP contribution is 2.33. The van der Waals surface area contributed by atoms with Gasteiger partial charge < -0.3 is 95.0 Å². The molecule has 1 aliphatic carbocycles. The minimum atomic E-state index is -1.90. The minimum absolute atomic E-state index is 0.0286. The van der Waals surface area contributed by atoms with Crippen LogP contribution in [0.1, 0.15) is 6.92 Å². The van der Waals surface area contributed by atoms with Gasteiger partial charge in [-0.25, -0.2) is 0 Å². The predicted octanol–water partition coefficient (Wildman–Crippen LogP) is -7.91. The molecule has 0 aromatic rings. The van der Waals surface area contributed by atoms with Crippen LogP contribution in [0.15, 0.2) is 11.6 Å². The third-order valence-electron chi connectivity index (χ3n) is 8.69. The van der Waals surface area contributed by atoms with Crippen molar-refractivity contribution in [3.8, 4) is 0 Å². The first-order valence-corrected chi connectivity index (χ1v) is 14.5. The van der Waals surface area contributed by atoms with E-state index in [2.05, 4.69) is 5.32 Å². The van der Waals surface area contributed by atoms with Crippen LogP contribution < -0.4 is 5.32 Å². The molecule has 4 rings (SSSR count). The molecule has 0 radical (unpaired) electrons. The maximum absolute atomic E-state index is 10.9. The summed E-state index contributed by atoms with van der Waals surface area (Å²) in [6.45, 7) is -0.630. The number of methoxy groups -OCH3 is 1. The van der Waals surface area contributed by atoms with E-state index in [1.807, 2.05) is 0 Å². The lowest BCUT2D eigenvalue weighted by atomic mass is 9.86. The van der Waals surface area contributed by atoms with Gasteiger partial charge in [-0.2, -0.15) is 0 Å². The Balaban J connectivity index is 1.42. The first kappa shape index (κ1) is 36.8. The molecule has 4 aliphatic rings. The quantitative estimate of drug-likeness (QED) is 0.0968. The van der Waals surface area contributed by atoms with Crippen molar-refractivity contribution in [3.05, 3.63) is 11.6 Å². The van der Waals surface area contributed by atoms with E-state index < -0.39 is 136 Å². The van der Waals surface area contributed by atoms with E-state index in [0.717, 1.165) is 0 Å². The van der Waals surface area contributed by atoms with E-state index in [0.29, 0.717) is 0 Å². The summed E-state index contributed by atoms with van der Waals surface area (Å²) in [7, 11) is 1.21. The highest BCUT2D eigenvalue weighted by atomic mass is 16.8. The average Bonchev–Trinajstić information content (AvgIpc) is 3.03. The molecule has 0 saturated carbocycles. The molecule has 19 heteroatoms. The molecule has 3 saturated heterocycles. The van der Waals surface area contributed by atoms with Crippen molar-refractivity contribution in [1.29, 1.82) is 0 Å². The fourth-order valence-electron chi connectivity index (χ4n) is 5.99. The molecule has 0 aromatic carbocycles. The second kappa shape index (κ2) is 15.5. The lowest BCUT2D eigenvalue weighted by molar-refractivity contribution is -0.375. The number of aliphatic hydroxyl groups is 12. The first-order valence-electron chi connectivity index (χ1n) is 14.5. The minimum Gasteiger partial charge on any atom is -0.394 e. The fraction of sp³-hybridized carbons (Fsp3) is 0.923. The summed E-state index contributed by atoms with van der Waals surface area (Å²) in [6.07, 6.45) is -25.2. The molecular weight excluding hydrogens is 614 g/mol. The van der Waals surface area contributed by atoms with Gasteiger partial charge in [-0.15, -0.1) is 0 Å². The molecule has 19 atom stereocenters. The maximum atomic E-state index is 10.9. The maximum Gasteiger partial charge on any atom is 0.187 e. The Bertz CT molecular complexity index is 974. The van der Waals surface area contributed by atoms with Crippen LogP contribution in [0, 0.1) is 0 Å². The standard InChI is InChI=1S/C26H45NO18/c1-7-12(27-9-3-8(4-28)13(31)16(34)14(9)32)15(33)19(37)25(41-7)44-23-11(6-30)43-26(21(39)18(23)36)45-22-10(5-29)42-24(40-2)20(38)17(22)35/h3,7,9-39H,4-6H2,1-2H3/t7?,9-,10?,11+,12+,13?,14?,15?,16-,17?,18+,19+,20+,21?,22?,23?,24?,25?,26?/m0/s1. The number of hydrogen-bond donors (Lipinski definition) is 13. The van der Waals surface area contributed by atoms with E-state index in [-0.39, 0.29) is 5.57 Å². The molecule has 262 valence electrons. The van der Waals surface area contributed by atoms with Crippen LogP contribution in [0.5, 0.6) is 0 Å². The summed E-state index contributed by atoms with van der Waals surface area (Å²) in [5.74, 6) is 0. The van der Waals surface area contributed by atoms with Gasteiger partial charge in [0.25, 0.3) is 0 Å². The summed E-state index contributed by atoms with van der Waals surface area (Å²) >= 11 is 0. The fourth-order valence-corrected chi connectivity index (χ4v) is 5.99. The van der Waals surface area contributed by atoms with Crippen LogP contribution in [0.2, 0.25) is 0 Å². The van der Waals surface area contributed by atoms with E-state index in [1.54, 1.807) is 0 Å². The zero-order chi connectivity index (χ0) is 33.3. The highest BCUT2D eigenvalue weighted by molar-refractivity contribution is 5.22. The van der Waals surface area contributed by atoms with Gasteiger partial charge in [0.2, 0.25) is 0 Å². The number of aliphatic hydroxyl groups excluding tert-OH is 12. The first-order chi connectivity index (χ1) is 21.3. The summed E-state index contributed by atoms with van der Waals surface area (Å²) < 4.78 is 32.9. The van der Waals surface area contributed by atoms with Gasteiger partial charge in [-0.05, 0) is 12.5 Å². The Hall–Kier alpha value is -1.02. The Morgan fingerprint density at radius 3 is 1.64 bits per heavy atom. The van der Waals surface area contributed by atoms with E-state index in [1.165, 1.54) is 20.1 Å². The van der Waals surface area contributed by atoms with Gasteiger partial charge in [0.15, 0.2) is 18.9 Å². The Morgan fingerprint density at radius 2 is 1.13 bits per heavy atom. The molecule has 0 aromatic heterocycles. The zero-order valence-electron chi connectivity index (χ0n) is 24.5. The molecular formula is C26H45NO18. The van der Waals surface area contributed by atoms with Gasteiger partial charge in [0.1, 0.15) is 79.4 Å². The second-order valence-corrected chi connectivity index (χ2v) is 11.6. The third kappa shape index (κ3) is 7.37. The molecule has 3 aliphatic heterocycles. The van der Waals surface area contributed by atoms with Crippen molar-refractivity contribution in [2.45, 2.75) is 123 Å². The lowest BCUT2D eigenvalue weighted by Crippen LogP contribution is -2.68. The number of hydrogen-bond acceptors (Lipinski definition) is 19.